The van der Waals surface area contributed by atoms with E-state index < -0.39 is 0 Å². The number of hydrogen-bond donors (Lipinski definition) is 1. The molecule has 0 unspecified atom stereocenters. The normalized spacial score (nSPS) is 10.6. The molecule has 0 bridgehead atoms. The molecule has 0 aliphatic heterocycles. The van der Waals surface area contributed by atoms with Gasteiger partial charge >= 0.3 is 0 Å². The molecule has 0 radical (unpaired) electrons. The Hall–Kier alpha value is -1.40. The molecule has 1 aromatic carbocycles. The van der Waals surface area contributed by atoms with Gasteiger partial charge in [0.05, 0.1) is 11.6 Å². The third-order valence-electron chi connectivity index (χ3n) is 2.88. The van der Waals surface area contributed by atoms with Gasteiger partial charge in [0.2, 0.25) is 0 Å². The fourth-order valence-electron chi connectivity index (χ4n) is 1.79. The summed E-state index contributed by atoms with van der Waals surface area (Å²) in [7, 11) is 0. The van der Waals surface area contributed by atoms with Gasteiger partial charge in [0.15, 0.2) is 0 Å². The van der Waals surface area contributed by atoms with Crippen molar-refractivity contribution in [2.24, 2.45) is 5.92 Å². The van der Waals surface area contributed by atoms with Crippen LogP contribution in [0.1, 0.15) is 44.2 Å². The Balaban J connectivity index is 2.25. The van der Waals surface area contributed by atoms with E-state index in [1.807, 2.05) is 6.07 Å². The van der Waals surface area contributed by atoms with Crippen LogP contribution >= 0.6 is 0 Å². The van der Waals surface area contributed by atoms with Crippen LogP contribution in [0, 0.1) is 23.1 Å². The van der Waals surface area contributed by atoms with E-state index >= 15 is 0 Å². The van der Waals surface area contributed by atoms with Crippen molar-refractivity contribution in [2.75, 3.05) is 6.54 Å². The second kappa shape index (κ2) is 7.84. The summed E-state index contributed by atoms with van der Waals surface area (Å²) in [5.41, 5.74) is 0.992. The topological polar surface area (TPSA) is 35.8 Å². The Bertz CT molecular complexity index is 407. The number of nitrogens with one attached hydrogen (secondary N) is 1. The average Bonchev–Trinajstić information content (AvgIpc) is 2.34. The van der Waals surface area contributed by atoms with Crippen molar-refractivity contribution in [3.05, 3.63) is 35.1 Å². The average molecular weight is 248 g/mol. The van der Waals surface area contributed by atoms with Gasteiger partial charge in [0.1, 0.15) is 5.82 Å². The van der Waals surface area contributed by atoms with E-state index in [1.165, 1.54) is 18.9 Å². The molecule has 0 aromatic heterocycles. The highest BCUT2D eigenvalue weighted by atomic mass is 19.1. The first kappa shape index (κ1) is 14.7. The smallest absolute Gasteiger partial charge is 0.129 e. The summed E-state index contributed by atoms with van der Waals surface area (Å²) in [6.45, 7) is 5.88. The standard InChI is InChI=1S/C15H21FN2/c1-12(2)5-3-4-8-18-11-14-7-6-13(10-17)9-15(14)16/h6-7,9,12,18H,3-5,8,11H2,1-2H3. The van der Waals surface area contributed by atoms with Crippen molar-refractivity contribution in [3.8, 4) is 6.07 Å². The zero-order valence-corrected chi connectivity index (χ0v) is 11.2. The maximum absolute atomic E-state index is 13.5. The number of nitrogens with zero attached hydrogens (tertiary/aromatic N) is 1. The Kier molecular flexibility index (Phi) is 6.38. The zero-order valence-electron chi connectivity index (χ0n) is 11.2. The van der Waals surface area contributed by atoms with Gasteiger partial charge in [-0.3, -0.25) is 0 Å². The maximum atomic E-state index is 13.5. The van der Waals surface area contributed by atoms with Crippen LogP contribution in [0.2, 0.25) is 0 Å². The molecule has 0 saturated heterocycles. The third kappa shape index (κ3) is 5.29. The molecule has 0 fully saturated rings. The van der Waals surface area contributed by atoms with Gasteiger partial charge in [-0.1, -0.05) is 32.8 Å². The molecule has 0 spiro atoms. The zero-order chi connectivity index (χ0) is 13.4. The predicted molar refractivity (Wildman–Crippen MR) is 71.5 cm³/mol. The first-order chi connectivity index (χ1) is 8.63. The molecule has 1 rings (SSSR count). The van der Waals surface area contributed by atoms with Crippen LogP contribution in [0.5, 0.6) is 0 Å². The van der Waals surface area contributed by atoms with Crippen LogP contribution in [0.4, 0.5) is 4.39 Å². The summed E-state index contributed by atoms with van der Waals surface area (Å²) < 4.78 is 13.5. The molecule has 0 saturated carbocycles. The lowest BCUT2D eigenvalue weighted by molar-refractivity contribution is 0.516. The van der Waals surface area contributed by atoms with Crippen LogP contribution in [0.15, 0.2) is 18.2 Å². The fourth-order valence-corrected chi connectivity index (χ4v) is 1.79. The highest BCUT2D eigenvalue weighted by molar-refractivity contribution is 5.32. The molecule has 3 heteroatoms. The molecule has 0 aliphatic carbocycles. The van der Waals surface area contributed by atoms with Gasteiger partial charge < -0.3 is 5.32 Å². The van der Waals surface area contributed by atoms with Gasteiger partial charge in [0.25, 0.3) is 0 Å². The van der Waals surface area contributed by atoms with E-state index in [1.54, 1.807) is 12.1 Å². The third-order valence-corrected chi connectivity index (χ3v) is 2.88. The molecular formula is C15H21FN2. The van der Waals surface area contributed by atoms with Crippen molar-refractivity contribution in [2.45, 2.75) is 39.7 Å². The lowest BCUT2D eigenvalue weighted by Crippen LogP contribution is -2.15. The number of halogens is 1. The van der Waals surface area contributed by atoms with E-state index in [0.717, 1.165) is 18.9 Å². The monoisotopic (exact) mass is 248 g/mol. The largest absolute Gasteiger partial charge is 0.313 e. The molecule has 0 aliphatic rings. The minimum absolute atomic E-state index is 0.302. The Morgan fingerprint density at radius 3 is 2.72 bits per heavy atom. The van der Waals surface area contributed by atoms with Gasteiger partial charge in [-0.25, -0.2) is 4.39 Å². The quantitative estimate of drug-likeness (QED) is 0.748. The second-order valence-corrected chi connectivity index (χ2v) is 4.98. The van der Waals surface area contributed by atoms with Gasteiger partial charge in [0, 0.05) is 12.1 Å². The Labute approximate surface area is 109 Å². The highest BCUT2D eigenvalue weighted by Crippen LogP contribution is 2.10. The summed E-state index contributed by atoms with van der Waals surface area (Å²) in [5, 5.41) is 11.9. The van der Waals surface area contributed by atoms with Crippen LogP contribution in [-0.4, -0.2) is 6.54 Å². The van der Waals surface area contributed by atoms with E-state index in [0.29, 0.717) is 17.7 Å². The summed E-state index contributed by atoms with van der Waals surface area (Å²) in [6.07, 6.45) is 3.57. The number of benzene rings is 1. The Morgan fingerprint density at radius 2 is 2.11 bits per heavy atom. The summed E-state index contributed by atoms with van der Waals surface area (Å²) in [5.74, 6) is 0.449. The molecule has 0 heterocycles. The lowest BCUT2D eigenvalue weighted by atomic mass is 10.1. The van der Waals surface area contributed by atoms with Crippen molar-refractivity contribution >= 4 is 0 Å². The molecule has 0 amide bonds. The summed E-state index contributed by atoms with van der Waals surface area (Å²) >= 11 is 0. The Morgan fingerprint density at radius 1 is 1.33 bits per heavy atom. The van der Waals surface area contributed by atoms with E-state index in [2.05, 4.69) is 19.2 Å². The number of rotatable bonds is 7. The van der Waals surface area contributed by atoms with Crippen molar-refractivity contribution in [1.29, 1.82) is 5.26 Å². The predicted octanol–water partition coefficient (Wildman–Crippen LogP) is 3.61. The molecule has 1 aromatic rings. The molecule has 2 nitrogen and oxygen atoms in total. The van der Waals surface area contributed by atoms with E-state index in [-0.39, 0.29) is 5.82 Å². The van der Waals surface area contributed by atoms with Crippen molar-refractivity contribution in [1.82, 2.24) is 5.32 Å². The van der Waals surface area contributed by atoms with Crippen LogP contribution in [0.25, 0.3) is 0 Å². The first-order valence-electron chi connectivity index (χ1n) is 6.52. The minimum Gasteiger partial charge on any atom is -0.313 e. The van der Waals surface area contributed by atoms with Gasteiger partial charge in [-0.2, -0.15) is 5.26 Å². The minimum atomic E-state index is -0.302. The number of unbranched alkanes of at least 4 members (excludes halogenated alkanes) is 1. The van der Waals surface area contributed by atoms with Crippen LogP contribution in [0.3, 0.4) is 0 Å². The van der Waals surface area contributed by atoms with E-state index in [4.69, 9.17) is 5.26 Å². The molecule has 1 N–H and O–H groups in total. The molecular weight excluding hydrogens is 227 g/mol. The molecule has 98 valence electrons. The summed E-state index contributed by atoms with van der Waals surface area (Å²) in [4.78, 5) is 0. The van der Waals surface area contributed by atoms with Gasteiger partial charge in [-0.15, -0.1) is 0 Å². The van der Waals surface area contributed by atoms with Gasteiger partial charge in [-0.05, 0) is 31.0 Å². The number of hydrogen-bond acceptors (Lipinski definition) is 2. The lowest BCUT2D eigenvalue weighted by Gasteiger charge is -2.07. The van der Waals surface area contributed by atoms with E-state index in [9.17, 15) is 4.39 Å². The summed E-state index contributed by atoms with van der Waals surface area (Å²) in [6, 6.07) is 6.54. The maximum Gasteiger partial charge on any atom is 0.129 e. The van der Waals surface area contributed by atoms with Crippen molar-refractivity contribution in [3.63, 3.8) is 0 Å². The highest BCUT2D eigenvalue weighted by Gasteiger charge is 2.02. The van der Waals surface area contributed by atoms with Crippen LogP contribution < -0.4 is 5.32 Å². The van der Waals surface area contributed by atoms with Crippen LogP contribution in [-0.2, 0) is 6.54 Å². The fraction of sp³-hybridized carbons (Fsp3) is 0.533. The second-order valence-electron chi connectivity index (χ2n) is 4.98. The number of nitriles is 1. The SMILES string of the molecule is CC(C)CCCCNCc1ccc(C#N)cc1F. The first-order valence-corrected chi connectivity index (χ1v) is 6.52. The molecule has 0 atom stereocenters. The van der Waals surface area contributed by atoms with Crippen molar-refractivity contribution < 1.29 is 4.39 Å². The molecule has 18 heavy (non-hydrogen) atoms.